The molecule has 0 bridgehead atoms. The smallest absolute Gasteiger partial charge is 0.338 e. The zero-order chi connectivity index (χ0) is 22.6. The number of benzene rings is 2. The summed E-state index contributed by atoms with van der Waals surface area (Å²) in [5, 5.41) is 0. The molecule has 1 aliphatic heterocycles. The Morgan fingerprint density at radius 3 is 2.19 bits per heavy atom. The van der Waals surface area contributed by atoms with Gasteiger partial charge in [-0.05, 0) is 56.2 Å². The molecule has 2 aromatic rings. The monoisotopic (exact) mass is 447 g/mol. The van der Waals surface area contributed by atoms with Crippen molar-refractivity contribution in [3.05, 3.63) is 53.6 Å². The summed E-state index contributed by atoms with van der Waals surface area (Å²) in [5.74, 6) is -0.315. The van der Waals surface area contributed by atoms with Crippen LogP contribution in [0.1, 0.15) is 40.5 Å². The van der Waals surface area contributed by atoms with Crippen molar-refractivity contribution < 1.29 is 32.2 Å². The number of ether oxygens (including phenoxy) is 3. The van der Waals surface area contributed by atoms with Gasteiger partial charge < -0.3 is 14.2 Å². The zero-order valence-electron chi connectivity index (χ0n) is 17.7. The summed E-state index contributed by atoms with van der Waals surface area (Å²) in [5.41, 5.74) is 0.414. The van der Waals surface area contributed by atoms with Gasteiger partial charge in [-0.25, -0.2) is 13.2 Å². The maximum absolute atomic E-state index is 12.7. The number of ketones is 1. The van der Waals surface area contributed by atoms with Crippen molar-refractivity contribution in [1.82, 2.24) is 4.31 Å². The molecule has 8 nitrogen and oxygen atoms in total. The minimum absolute atomic E-state index is 0.123. The van der Waals surface area contributed by atoms with E-state index in [-0.39, 0.29) is 16.0 Å². The molecule has 0 aliphatic carbocycles. The highest BCUT2D eigenvalue weighted by atomic mass is 32.2. The third-order valence-corrected chi connectivity index (χ3v) is 7.03. The summed E-state index contributed by atoms with van der Waals surface area (Å²) in [6, 6.07) is 10.3. The predicted octanol–water partition coefficient (Wildman–Crippen LogP) is 2.92. The lowest BCUT2D eigenvalue weighted by atomic mass is 10.1. The molecule has 0 amide bonds. The quantitative estimate of drug-likeness (QED) is 0.453. The molecule has 0 unspecified atom stereocenters. The van der Waals surface area contributed by atoms with Crippen molar-refractivity contribution in [1.29, 1.82) is 0 Å². The molecule has 0 saturated carbocycles. The normalized spacial score (nSPS) is 15.3. The minimum Gasteiger partial charge on any atom is -0.497 e. The van der Waals surface area contributed by atoms with Gasteiger partial charge in [0, 0.05) is 19.2 Å². The van der Waals surface area contributed by atoms with Crippen LogP contribution in [-0.4, -0.2) is 57.9 Å². The number of carbonyl (C=O) groups is 2. The van der Waals surface area contributed by atoms with E-state index in [1.807, 2.05) is 0 Å². The second-order valence-corrected chi connectivity index (χ2v) is 9.05. The van der Waals surface area contributed by atoms with Gasteiger partial charge in [0.2, 0.25) is 15.8 Å². The average molecular weight is 448 g/mol. The van der Waals surface area contributed by atoms with Crippen molar-refractivity contribution in [3.8, 4) is 11.5 Å². The molecular formula is C22H25NO7S. The molecule has 0 N–H and O–H groups in total. The van der Waals surface area contributed by atoms with Crippen molar-refractivity contribution >= 4 is 21.8 Å². The van der Waals surface area contributed by atoms with Gasteiger partial charge in [0.1, 0.15) is 11.5 Å². The van der Waals surface area contributed by atoms with E-state index in [9.17, 15) is 18.0 Å². The van der Waals surface area contributed by atoms with E-state index in [1.54, 1.807) is 18.2 Å². The van der Waals surface area contributed by atoms with E-state index in [2.05, 4.69) is 0 Å². The van der Waals surface area contributed by atoms with Gasteiger partial charge >= 0.3 is 5.97 Å². The van der Waals surface area contributed by atoms with Gasteiger partial charge in [0.25, 0.3) is 0 Å². The minimum atomic E-state index is -3.56. The number of esters is 1. The number of rotatable bonds is 8. The van der Waals surface area contributed by atoms with Crippen LogP contribution in [0.3, 0.4) is 0 Å². The Bertz CT molecular complexity index is 1060. The summed E-state index contributed by atoms with van der Waals surface area (Å²) in [7, 11) is -0.631. The fraction of sp³-hybridized carbons (Fsp3) is 0.364. The number of nitrogens with zero attached hydrogens (tertiary/aromatic N) is 1. The Balaban J connectivity index is 1.70. The van der Waals surface area contributed by atoms with Gasteiger partial charge in [-0.1, -0.05) is 0 Å². The molecule has 0 spiro atoms. The van der Waals surface area contributed by atoms with Crippen molar-refractivity contribution in [2.45, 2.75) is 30.8 Å². The molecule has 3 rings (SSSR count). The van der Waals surface area contributed by atoms with E-state index in [4.69, 9.17) is 14.2 Å². The first-order chi connectivity index (χ1) is 14.8. The highest BCUT2D eigenvalue weighted by Gasteiger charge is 2.28. The van der Waals surface area contributed by atoms with E-state index < -0.39 is 27.9 Å². The molecule has 1 fully saturated rings. The molecule has 166 valence electrons. The first-order valence-corrected chi connectivity index (χ1v) is 11.3. The van der Waals surface area contributed by atoms with Crippen molar-refractivity contribution in [2.24, 2.45) is 0 Å². The Morgan fingerprint density at radius 2 is 1.61 bits per heavy atom. The van der Waals surface area contributed by atoms with E-state index in [0.717, 1.165) is 12.8 Å². The van der Waals surface area contributed by atoms with Crippen LogP contribution in [0.15, 0.2) is 47.4 Å². The molecule has 9 heteroatoms. The maximum atomic E-state index is 12.7. The maximum Gasteiger partial charge on any atom is 0.338 e. The SMILES string of the molecule is COc1ccc(C(=O)[C@@H](C)OC(=O)c2ccc(S(=O)(=O)N3CCCC3)cc2)c(OC)c1. The third kappa shape index (κ3) is 4.88. The van der Waals surface area contributed by atoms with Gasteiger partial charge in [0.15, 0.2) is 6.10 Å². The van der Waals surface area contributed by atoms with Crippen LogP contribution in [0.4, 0.5) is 0 Å². The summed E-state index contributed by atoms with van der Waals surface area (Å²) in [4.78, 5) is 25.3. The largest absolute Gasteiger partial charge is 0.497 e. The van der Waals surface area contributed by atoms with Gasteiger partial charge in [-0.3, -0.25) is 4.79 Å². The molecule has 0 radical (unpaired) electrons. The molecule has 31 heavy (non-hydrogen) atoms. The molecule has 1 heterocycles. The van der Waals surface area contributed by atoms with Crippen molar-refractivity contribution in [2.75, 3.05) is 27.3 Å². The summed E-state index contributed by atoms with van der Waals surface area (Å²) in [6.45, 7) is 2.47. The highest BCUT2D eigenvalue weighted by Crippen LogP contribution is 2.26. The summed E-state index contributed by atoms with van der Waals surface area (Å²) in [6.07, 6.45) is 0.617. The summed E-state index contributed by atoms with van der Waals surface area (Å²) < 4.78 is 42.3. The van der Waals surface area contributed by atoms with Crippen LogP contribution in [0, 0.1) is 0 Å². The number of sulfonamides is 1. The van der Waals surface area contributed by atoms with Crippen LogP contribution in [0.2, 0.25) is 0 Å². The van der Waals surface area contributed by atoms with E-state index >= 15 is 0 Å². The lowest BCUT2D eigenvalue weighted by molar-refractivity contribution is 0.0317. The summed E-state index contributed by atoms with van der Waals surface area (Å²) >= 11 is 0. The van der Waals surface area contributed by atoms with Crippen LogP contribution < -0.4 is 9.47 Å². The Morgan fingerprint density at radius 1 is 0.968 bits per heavy atom. The fourth-order valence-corrected chi connectivity index (χ4v) is 4.86. The van der Waals surface area contributed by atoms with Crippen LogP contribution in [-0.2, 0) is 14.8 Å². The Labute approximate surface area is 181 Å². The van der Waals surface area contributed by atoms with Crippen LogP contribution in [0.5, 0.6) is 11.5 Å². The van der Waals surface area contributed by atoms with Crippen molar-refractivity contribution in [3.63, 3.8) is 0 Å². The number of hydrogen-bond donors (Lipinski definition) is 0. The van der Waals surface area contributed by atoms with Gasteiger partial charge in [0.05, 0.1) is 30.2 Å². The fourth-order valence-electron chi connectivity index (χ4n) is 3.34. The van der Waals surface area contributed by atoms with Gasteiger partial charge in [-0.15, -0.1) is 0 Å². The topological polar surface area (TPSA) is 99.2 Å². The van der Waals surface area contributed by atoms with E-state index in [0.29, 0.717) is 24.6 Å². The molecule has 1 aliphatic rings. The van der Waals surface area contributed by atoms with Crippen LogP contribution in [0.25, 0.3) is 0 Å². The second-order valence-electron chi connectivity index (χ2n) is 7.11. The van der Waals surface area contributed by atoms with Gasteiger partial charge in [-0.2, -0.15) is 4.31 Å². The predicted molar refractivity (Wildman–Crippen MR) is 113 cm³/mol. The first kappa shape index (κ1) is 22.8. The second kappa shape index (κ2) is 9.49. The number of methoxy groups -OCH3 is 2. The molecule has 0 aromatic heterocycles. The lowest BCUT2D eigenvalue weighted by Crippen LogP contribution is -2.28. The highest BCUT2D eigenvalue weighted by molar-refractivity contribution is 7.89. The lowest BCUT2D eigenvalue weighted by Gasteiger charge is -2.16. The molecule has 1 atom stereocenters. The molecule has 1 saturated heterocycles. The van der Waals surface area contributed by atoms with E-state index in [1.165, 1.54) is 49.7 Å². The molecule has 2 aromatic carbocycles. The number of carbonyl (C=O) groups excluding carboxylic acids is 2. The number of Topliss-reactive ketones (excluding diaryl/α,β-unsaturated/α-hetero) is 1. The molecular weight excluding hydrogens is 422 g/mol. The average Bonchev–Trinajstić information content (AvgIpc) is 3.34. The zero-order valence-corrected chi connectivity index (χ0v) is 18.5. The first-order valence-electron chi connectivity index (χ1n) is 9.85. The Hall–Kier alpha value is -2.91. The van der Waals surface area contributed by atoms with Crippen LogP contribution >= 0.6 is 0 Å². The third-order valence-electron chi connectivity index (χ3n) is 5.12. The number of hydrogen-bond acceptors (Lipinski definition) is 7. The standard InChI is InChI=1S/C22H25NO7S/c1-15(21(24)19-11-8-17(28-2)14-20(19)29-3)30-22(25)16-6-9-18(10-7-16)31(26,27)23-12-4-5-13-23/h6-11,14-15H,4-5,12-13H2,1-3H3/t15-/m1/s1. The Kier molecular flexibility index (Phi) is 6.97.